The van der Waals surface area contributed by atoms with E-state index in [0.29, 0.717) is 61.4 Å². The third-order valence-electron chi connectivity index (χ3n) is 6.94. The summed E-state index contributed by atoms with van der Waals surface area (Å²) in [5, 5.41) is 8.13. The van der Waals surface area contributed by atoms with Crippen molar-refractivity contribution in [1.29, 1.82) is 0 Å². The van der Waals surface area contributed by atoms with E-state index < -0.39 is 21.7 Å². The highest BCUT2D eigenvalue weighted by atomic mass is 32.2. The Hall–Kier alpha value is -3.81. The zero-order chi connectivity index (χ0) is 26.4. The Morgan fingerprint density at radius 2 is 1.89 bits per heavy atom. The van der Waals surface area contributed by atoms with E-state index in [1.54, 1.807) is 22.9 Å². The van der Waals surface area contributed by atoms with Crippen molar-refractivity contribution in [2.24, 2.45) is 0 Å². The van der Waals surface area contributed by atoms with Crippen molar-refractivity contribution in [2.75, 3.05) is 38.4 Å². The van der Waals surface area contributed by atoms with Crippen LogP contribution in [0.3, 0.4) is 0 Å². The van der Waals surface area contributed by atoms with E-state index in [4.69, 9.17) is 14.2 Å². The highest BCUT2D eigenvalue weighted by Crippen LogP contribution is 2.36. The van der Waals surface area contributed by atoms with Gasteiger partial charge < -0.3 is 14.2 Å². The third-order valence-corrected chi connectivity index (χ3v) is 8.89. The lowest BCUT2D eigenvalue weighted by atomic mass is 10.1. The van der Waals surface area contributed by atoms with Gasteiger partial charge in [0.2, 0.25) is 10.0 Å². The minimum atomic E-state index is -3.87. The Bertz CT molecular complexity index is 1540. The number of benzene rings is 2. The number of anilines is 1. The predicted molar refractivity (Wildman–Crippen MR) is 133 cm³/mol. The van der Waals surface area contributed by atoms with Crippen LogP contribution in [0.25, 0.3) is 5.69 Å². The SMILES string of the molecule is COC[C@@H]1CCCN1S(=O)(=O)c1ccc2c(c1)C(=O)C(=O)N2Cc1cnnn1-c1ccc2c(c1)OCCO2. The predicted octanol–water partition coefficient (Wildman–Crippen LogP) is 1.57. The first-order valence-corrected chi connectivity index (χ1v) is 13.6. The second-order valence-corrected chi connectivity index (χ2v) is 11.1. The molecule has 1 fully saturated rings. The zero-order valence-corrected chi connectivity index (χ0v) is 21.4. The fourth-order valence-corrected chi connectivity index (χ4v) is 6.83. The first-order chi connectivity index (χ1) is 18.4. The van der Waals surface area contributed by atoms with Crippen molar-refractivity contribution in [2.45, 2.75) is 30.3 Å². The van der Waals surface area contributed by atoms with E-state index in [1.807, 2.05) is 0 Å². The Morgan fingerprint density at radius 3 is 2.71 bits per heavy atom. The molecule has 13 heteroatoms. The van der Waals surface area contributed by atoms with Gasteiger partial charge in [0, 0.05) is 25.8 Å². The molecule has 1 amide bonds. The van der Waals surface area contributed by atoms with Crippen LogP contribution in [0.5, 0.6) is 11.5 Å². The van der Waals surface area contributed by atoms with E-state index >= 15 is 0 Å². The summed E-state index contributed by atoms with van der Waals surface area (Å²) >= 11 is 0. The van der Waals surface area contributed by atoms with Gasteiger partial charge in [0.15, 0.2) is 11.5 Å². The molecule has 1 saturated heterocycles. The van der Waals surface area contributed by atoms with Crippen LogP contribution >= 0.6 is 0 Å². The number of aromatic nitrogens is 3. The second-order valence-electron chi connectivity index (χ2n) is 9.23. The highest BCUT2D eigenvalue weighted by molar-refractivity contribution is 7.89. The van der Waals surface area contributed by atoms with Gasteiger partial charge in [0.25, 0.3) is 11.7 Å². The molecule has 4 heterocycles. The van der Waals surface area contributed by atoms with Crippen LogP contribution in [-0.2, 0) is 26.1 Å². The van der Waals surface area contributed by atoms with Gasteiger partial charge in [-0.25, -0.2) is 13.1 Å². The number of amides is 1. The van der Waals surface area contributed by atoms with Crippen LogP contribution in [0.15, 0.2) is 47.5 Å². The molecular formula is C25H25N5O7S. The smallest absolute Gasteiger partial charge is 0.299 e. The van der Waals surface area contributed by atoms with Crippen molar-refractivity contribution in [3.05, 3.63) is 53.9 Å². The van der Waals surface area contributed by atoms with Crippen LogP contribution in [-0.4, -0.2) is 78.9 Å². The van der Waals surface area contributed by atoms with Crippen LogP contribution in [0, 0.1) is 0 Å². The zero-order valence-electron chi connectivity index (χ0n) is 20.6. The monoisotopic (exact) mass is 539 g/mol. The van der Waals surface area contributed by atoms with Gasteiger partial charge in [0.05, 0.1) is 46.9 Å². The lowest BCUT2D eigenvalue weighted by Gasteiger charge is -2.24. The molecule has 12 nitrogen and oxygen atoms in total. The summed E-state index contributed by atoms with van der Waals surface area (Å²) < 4.78 is 46.1. The number of sulfonamides is 1. The molecular weight excluding hydrogens is 514 g/mol. The van der Waals surface area contributed by atoms with Gasteiger partial charge in [-0.1, -0.05) is 5.21 Å². The van der Waals surface area contributed by atoms with E-state index in [2.05, 4.69) is 10.3 Å². The number of Topliss-reactive ketones (excluding diaryl/α,β-unsaturated/α-hetero) is 1. The molecule has 2 aromatic carbocycles. The fourth-order valence-electron chi connectivity index (χ4n) is 5.12. The van der Waals surface area contributed by atoms with Crippen molar-refractivity contribution in [3.8, 4) is 17.2 Å². The van der Waals surface area contributed by atoms with E-state index in [9.17, 15) is 18.0 Å². The van der Waals surface area contributed by atoms with Gasteiger partial charge in [0.1, 0.15) is 13.2 Å². The Balaban J connectivity index is 1.29. The van der Waals surface area contributed by atoms with Gasteiger partial charge >= 0.3 is 0 Å². The van der Waals surface area contributed by atoms with Gasteiger partial charge in [-0.15, -0.1) is 5.10 Å². The number of hydrogen-bond donors (Lipinski definition) is 0. The van der Waals surface area contributed by atoms with Crippen LogP contribution in [0.1, 0.15) is 28.9 Å². The molecule has 198 valence electrons. The van der Waals surface area contributed by atoms with Crippen molar-refractivity contribution < 1.29 is 32.2 Å². The summed E-state index contributed by atoms with van der Waals surface area (Å²) in [6, 6.07) is 9.31. The van der Waals surface area contributed by atoms with Crippen LogP contribution in [0.2, 0.25) is 0 Å². The number of ether oxygens (including phenoxy) is 3. The summed E-state index contributed by atoms with van der Waals surface area (Å²) in [7, 11) is -2.33. The minimum absolute atomic E-state index is 0.00709. The maximum Gasteiger partial charge on any atom is 0.299 e. The highest BCUT2D eigenvalue weighted by Gasteiger charge is 2.40. The number of carbonyl (C=O) groups excluding carboxylic acids is 2. The fraction of sp³-hybridized carbons (Fsp3) is 0.360. The molecule has 0 bridgehead atoms. The normalized spacial score (nSPS) is 19.3. The molecule has 38 heavy (non-hydrogen) atoms. The van der Waals surface area contributed by atoms with E-state index in [-0.39, 0.29) is 23.0 Å². The number of rotatable bonds is 7. The molecule has 0 aliphatic carbocycles. The molecule has 1 atom stereocenters. The molecule has 0 spiro atoms. The van der Waals surface area contributed by atoms with Gasteiger partial charge in [-0.2, -0.15) is 4.31 Å². The number of fused-ring (bicyclic) bond motifs is 2. The van der Waals surface area contributed by atoms with Crippen molar-refractivity contribution >= 4 is 27.4 Å². The van der Waals surface area contributed by atoms with E-state index in [0.717, 1.165) is 6.42 Å². The number of ketones is 1. The van der Waals surface area contributed by atoms with Crippen LogP contribution < -0.4 is 14.4 Å². The summed E-state index contributed by atoms with van der Waals surface area (Å²) in [6.45, 7) is 1.58. The first kappa shape index (κ1) is 24.5. The molecule has 1 aromatic heterocycles. The van der Waals surface area contributed by atoms with Gasteiger partial charge in [-0.3, -0.25) is 14.5 Å². The van der Waals surface area contributed by atoms with Crippen LogP contribution in [0.4, 0.5) is 5.69 Å². The third kappa shape index (κ3) is 4.03. The first-order valence-electron chi connectivity index (χ1n) is 12.2. The molecule has 6 rings (SSSR count). The number of nitrogens with zero attached hydrogens (tertiary/aromatic N) is 5. The molecule has 0 saturated carbocycles. The maximum absolute atomic E-state index is 13.4. The number of hydrogen-bond acceptors (Lipinski definition) is 9. The summed E-state index contributed by atoms with van der Waals surface area (Å²) in [6.07, 6.45) is 2.94. The van der Waals surface area contributed by atoms with Crippen molar-refractivity contribution in [1.82, 2.24) is 19.3 Å². The molecule has 3 aliphatic rings. The quantitative estimate of drug-likeness (QED) is 0.410. The number of methoxy groups -OCH3 is 1. The molecule has 0 N–H and O–H groups in total. The largest absolute Gasteiger partial charge is 0.486 e. The lowest BCUT2D eigenvalue weighted by Crippen LogP contribution is -2.38. The van der Waals surface area contributed by atoms with E-state index in [1.165, 1.54) is 40.7 Å². The lowest BCUT2D eigenvalue weighted by molar-refractivity contribution is -0.114. The number of carbonyl (C=O) groups is 2. The standard InChI is InChI=1S/C25H25N5O7S/c1-35-15-17-3-2-8-29(17)38(33,34)19-5-6-21-20(12-19)24(31)25(32)28(21)14-18-13-26-27-30(18)16-4-7-22-23(11-16)37-10-9-36-22/h4-7,11-13,17H,2-3,8-10,14-15H2,1H3/t17-/m0/s1. The summed E-state index contributed by atoms with van der Waals surface area (Å²) in [5.74, 6) is -0.301. The summed E-state index contributed by atoms with van der Waals surface area (Å²) in [4.78, 5) is 27.2. The molecule has 0 radical (unpaired) electrons. The average Bonchev–Trinajstić information content (AvgIpc) is 3.65. The topological polar surface area (TPSA) is 133 Å². The van der Waals surface area contributed by atoms with Gasteiger partial charge in [-0.05, 0) is 43.2 Å². The maximum atomic E-state index is 13.4. The molecule has 0 unspecified atom stereocenters. The molecule has 3 aliphatic heterocycles. The molecule has 3 aromatic rings. The Labute approximate surface area is 218 Å². The van der Waals surface area contributed by atoms with Crippen molar-refractivity contribution in [3.63, 3.8) is 0 Å². The summed E-state index contributed by atoms with van der Waals surface area (Å²) in [5.41, 5.74) is 1.59. The second kappa shape index (κ2) is 9.49. The minimum Gasteiger partial charge on any atom is -0.486 e. The Morgan fingerprint density at radius 1 is 1.08 bits per heavy atom. The average molecular weight is 540 g/mol. The Kier molecular flexibility index (Phi) is 6.13.